The number of oxime groups is 1. The van der Waals surface area contributed by atoms with Crippen LogP contribution in [0.3, 0.4) is 0 Å². The van der Waals surface area contributed by atoms with Gasteiger partial charge >= 0.3 is 5.97 Å². The minimum atomic E-state index is -1.22. The highest BCUT2D eigenvalue weighted by atomic mass is 32.2. The van der Waals surface area contributed by atoms with Crippen LogP contribution in [0, 0.1) is 0 Å². The van der Waals surface area contributed by atoms with Crippen LogP contribution in [0.2, 0.25) is 0 Å². The highest BCUT2D eigenvalue weighted by molar-refractivity contribution is 8.01. The summed E-state index contributed by atoms with van der Waals surface area (Å²) in [7, 11) is 1.26. The van der Waals surface area contributed by atoms with Crippen molar-refractivity contribution in [1.82, 2.24) is 35.4 Å². The van der Waals surface area contributed by atoms with Crippen LogP contribution in [-0.2, 0) is 30.6 Å². The van der Waals surface area contributed by atoms with Crippen LogP contribution in [0.1, 0.15) is 38.3 Å². The summed E-state index contributed by atoms with van der Waals surface area (Å²) in [4.78, 5) is 59.1. The van der Waals surface area contributed by atoms with Crippen LogP contribution in [0.4, 0.5) is 5.13 Å². The van der Waals surface area contributed by atoms with Crippen molar-refractivity contribution < 1.29 is 29.1 Å². The molecule has 40 heavy (non-hydrogen) atoms. The number of hydrogen-bond acceptors (Lipinski definition) is 13. The number of carbonyl (C=O) groups is 4. The largest absolute Gasteiger partial charge is 0.477 e. The van der Waals surface area contributed by atoms with Gasteiger partial charge in [0.15, 0.2) is 10.8 Å². The molecule has 3 amide bonds. The number of anilines is 1. The fraction of sp³-hybridized carbons (Fsp3) is 0.500. The number of nitrogens with zero attached hydrogens (tertiary/aromatic N) is 7. The van der Waals surface area contributed by atoms with Gasteiger partial charge in [-0.05, 0) is 22.4 Å². The van der Waals surface area contributed by atoms with Crippen LogP contribution in [-0.4, -0.2) is 95.1 Å². The van der Waals surface area contributed by atoms with E-state index in [4.69, 9.17) is 4.84 Å². The Labute approximate surface area is 241 Å². The van der Waals surface area contributed by atoms with Crippen molar-refractivity contribution in [2.24, 2.45) is 5.16 Å². The molecule has 2 aromatic heterocycles. The lowest BCUT2D eigenvalue weighted by Crippen LogP contribution is -2.71. The summed E-state index contributed by atoms with van der Waals surface area (Å²) < 4.78 is 1.71. The Bertz CT molecular complexity index is 1330. The number of β-lactam (4-membered cyclic amide) rings is 1. The number of tetrazole rings is 1. The van der Waals surface area contributed by atoms with Crippen molar-refractivity contribution in [3.8, 4) is 0 Å². The topological polar surface area (TPSA) is 194 Å². The molecular weight excluding hydrogens is 583 g/mol. The Morgan fingerprint density at radius 3 is 2.90 bits per heavy atom. The number of aryl methyl sites for hydroxylation is 1. The van der Waals surface area contributed by atoms with Gasteiger partial charge in [-0.1, -0.05) is 43.1 Å². The summed E-state index contributed by atoms with van der Waals surface area (Å²) in [5.41, 5.74) is 0.426. The molecule has 1 unspecified atom stereocenters. The number of aromatic nitrogens is 5. The molecule has 1 fully saturated rings. The molecule has 0 spiro atoms. The van der Waals surface area contributed by atoms with Crippen molar-refractivity contribution in [2.75, 3.05) is 23.9 Å². The maximum absolute atomic E-state index is 13.1. The molecule has 4 heterocycles. The molecule has 0 bridgehead atoms. The maximum atomic E-state index is 13.1. The van der Waals surface area contributed by atoms with Crippen molar-refractivity contribution in [1.29, 1.82) is 0 Å². The van der Waals surface area contributed by atoms with Gasteiger partial charge in [0.05, 0.1) is 0 Å². The zero-order valence-electron chi connectivity index (χ0n) is 21.6. The predicted molar refractivity (Wildman–Crippen MR) is 148 cm³/mol. The quantitative estimate of drug-likeness (QED) is 0.0652. The number of carboxylic acid groups (broad SMARTS) is 1. The first-order valence-electron chi connectivity index (χ1n) is 12.3. The normalized spacial score (nSPS) is 18.7. The van der Waals surface area contributed by atoms with Gasteiger partial charge in [0, 0.05) is 23.4 Å². The smallest absolute Gasteiger partial charge is 0.352 e. The molecule has 2 aliphatic rings. The number of unbranched alkanes of at least 4 members (excludes halogenated alkanes) is 3. The standard InChI is InChI=1S/C22H27N9O6S3/c1-3-4-5-6-7-30-22(26-28-29-30)40-9-12-8-38-19-15(18(34)31(19)16(12)20(35)36)25-17(33)14(27-37-2)13-10-39-21(24-13)23-11-32/h10-11,15,19H,3-9H2,1-2H3,(H,25,33)(H,35,36)(H,23,24,32)/t15?,19-/m0/s1. The average Bonchev–Trinajstić information content (AvgIpc) is 3.60. The number of nitrogens with one attached hydrogen (secondary N) is 2. The molecule has 0 saturated carbocycles. The van der Waals surface area contributed by atoms with Crippen LogP contribution >= 0.6 is 34.9 Å². The molecule has 0 radical (unpaired) electrons. The van der Waals surface area contributed by atoms with Crippen LogP contribution in [0.5, 0.6) is 0 Å². The SMILES string of the molecule is CCCCCCn1nnnc1SCC1=C(C(=O)O)N2C(=O)C(NC(=O)C(=NOC)c3csc(NC=O)n3)[C@@H]2SC1. The van der Waals surface area contributed by atoms with E-state index >= 15 is 0 Å². The Morgan fingerprint density at radius 1 is 1.35 bits per heavy atom. The van der Waals surface area contributed by atoms with Gasteiger partial charge in [-0.25, -0.2) is 14.5 Å². The van der Waals surface area contributed by atoms with Gasteiger partial charge in [-0.2, -0.15) is 0 Å². The van der Waals surface area contributed by atoms with Gasteiger partial charge < -0.3 is 20.6 Å². The Balaban J connectivity index is 1.43. The van der Waals surface area contributed by atoms with Gasteiger partial charge in [0.1, 0.15) is 29.9 Å². The summed E-state index contributed by atoms with van der Waals surface area (Å²) in [6.07, 6.45) is 4.72. The first-order valence-corrected chi connectivity index (χ1v) is 15.2. The summed E-state index contributed by atoms with van der Waals surface area (Å²) >= 11 is 3.75. The second kappa shape index (κ2) is 13.7. The zero-order chi connectivity index (χ0) is 28.6. The molecule has 3 N–H and O–H groups in total. The Kier molecular flexibility index (Phi) is 10.1. The number of hydrogen-bond donors (Lipinski definition) is 3. The van der Waals surface area contributed by atoms with E-state index in [2.05, 4.69) is 43.2 Å². The molecule has 2 aromatic rings. The summed E-state index contributed by atoms with van der Waals surface area (Å²) in [6, 6.07) is -0.968. The molecule has 1 saturated heterocycles. The van der Waals surface area contributed by atoms with Crippen molar-refractivity contribution in [2.45, 2.75) is 55.7 Å². The average molecular weight is 610 g/mol. The molecule has 0 aromatic carbocycles. The number of fused-ring (bicyclic) bond motifs is 1. The van der Waals surface area contributed by atoms with Crippen molar-refractivity contribution in [3.63, 3.8) is 0 Å². The molecule has 214 valence electrons. The van der Waals surface area contributed by atoms with Crippen LogP contribution in [0.25, 0.3) is 0 Å². The summed E-state index contributed by atoms with van der Waals surface area (Å²) in [6.45, 7) is 2.81. The number of thiazole rings is 1. The highest BCUT2D eigenvalue weighted by Crippen LogP contribution is 2.41. The van der Waals surface area contributed by atoms with E-state index in [0.717, 1.165) is 37.0 Å². The number of rotatable bonds is 15. The monoisotopic (exact) mass is 609 g/mol. The minimum absolute atomic E-state index is 0.0939. The second-order valence-electron chi connectivity index (χ2n) is 8.57. The van der Waals surface area contributed by atoms with Crippen LogP contribution < -0.4 is 10.6 Å². The molecule has 4 rings (SSSR count). The summed E-state index contributed by atoms with van der Waals surface area (Å²) in [5.74, 6) is -1.86. The summed E-state index contributed by atoms with van der Waals surface area (Å²) in [5, 5.41) is 32.3. The van der Waals surface area contributed by atoms with E-state index in [0.29, 0.717) is 35.2 Å². The van der Waals surface area contributed by atoms with E-state index in [9.17, 15) is 24.3 Å². The lowest BCUT2D eigenvalue weighted by molar-refractivity contribution is -0.150. The van der Waals surface area contributed by atoms with Crippen molar-refractivity contribution in [3.05, 3.63) is 22.3 Å². The highest BCUT2D eigenvalue weighted by Gasteiger charge is 2.54. The third kappa shape index (κ3) is 6.44. The molecular formula is C22H27N9O6S3. The maximum Gasteiger partial charge on any atom is 0.352 e. The fourth-order valence-corrected chi connectivity index (χ4v) is 7.12. The number of thioether (sulfide) groups is 2. The molecule has 15 nitrogen and oxygen atoms in total. The Hall–Kier alpha value is -3.51. The lowest BCUT2D eigenvalue weighted by Gasteiger charge is -2.49. The van der Waals surface area contributed by atoms with E-state index in [1.165, 1.54) is 40.9 Å². The van der Waals surface area contributed by atoms with Gasteiger partial charge in [-0.15, -0.1) is 28.2 Å². The molecule has 2 aliphatic heterocycles. The van der Waals surface area contributed by atoms with Crippen molar-refractivity contribution >= 4 is 69.9 Å². The second-order valence-corrected chi connectivity index (χ2v) is 11.5. The third-order valence-electron chi connectivity index (χ3n) is 5.96. The Morgan fingerprint density at radius 2 is 2.17 bits per heavy atom. The lowest BCUT2D eigenvalue weighted by atomic mass is 10.0. The number of aliphatic carboxylic acids is 1. The van der Waals surface area contributed by atoms with Gasteiger partial charge in [-0.3, -0.25) is 19.3 Å². The number of amides is 3. The van der Waals surface area contributed by atoms with E-state index in [-0.39, 0.29) is 22.2 Å². The predicted octanol–water partition coefficient (Wildman–Crippen LogP) is 1.16. The van der Waals surface area contributed by atoms with E-state index in [1.807, 2.05) is 0 Å². The third-order valence-corrected chi connectivity index (χ3v) is 9.12. The van der Waals surface area contributed by atoms with Crippen LogP contribution in [0.15, 0.2) is 27.0 Å². The minimum Gasteiger partial charge on any atom is -0.477 e. The first kappa shape index (κ1) is 29.5. The molecule has 2 atom stereocenters. The number of carbonyl (C=O) groups excluding carboxylic acids is 3. The van der Waals surface area contributed by atoms with Gasteiger partial charge in [0.25, 0.3) is 11.8 Å². The first-order chi connectivity index (χ1) is 19.4. The molecule has 0 aliphatic carbocycles. The van der Waals surface area contributed by atoms with E-state index in [1.54, 1.807) is 4.68 Å². The fourth-order valence-electron chi connectivity index (χ4n) is 4.08. The zero-order valence-corrected chi connectivity index (χ0v) is 24.1. The molecule has 18 heteroatoms. The van der Waals surface area contributed by atoms with Gasteiger partial charge in [0.2, 0.25) is 11.6 Å². The number of carboxylic acids is 1. The van der Waals surface area contributed by atoms with E-state index < -0.39 is 29.2 Å².